The van der Waals surface area contributed by atoms with Crippen LogP contribution in [0.25, 0.3) is 0 Å². The van der Waals surface area contributed by atoms with E-state index in [0.29, 0.717) is 6.54 Å². The molecule has 2 rings (SSSR count). The summed E-state index contributed by atoms with van der Waals surface area (Å²) in [6, 6.07) is 14.2. The van der Waals surface area contributed by atoms with Crippen LogP contribution in [-0.4, -0.2) is 6.54 Å². The Morgan fingerprint density at radius 1 is 1.11 bits per heavy atom. The van der Waals surface area contributed by atoms with E-state index in [0.717, 1.165) is 15.7 Å². The summed E-state index contributed by atoms with van der Waals surface area (Å²) in [5, 5.41) is 3.29. The molecule has 1 atom stereocenters. The Kier molecular flexibility index (Phi) is 4.33. The first-order chi connectivity index (χ1) is 8.70. The lowest BCUT2D eigenvalue weighted by Gasteiger charge is -2.19. The summed E-state index contributed by atoms with van der Waals surface area (Å²) in [7, 11) is 0. The molecule has 0 aliphatic heterocycles. The van der Waals surface area contributed by atoms with E-state index in [1.165, 1.54) is 12.1 Å². The number of anilines is 1. The second-order valence-electron chi connectivity index (χ2n) is 3.96. The zero-order valence-electron chi connectivity index (χ0n) is 9.74. The molecule has 0 spiro atoms. The van der Waals surface area contributed by atoms with Gasteiger partial charge in [0.25, 0.3) is 0 Å². The lowest BCUT2D eigenvalue weighted by molar-refractivity contribution is 0.628. The summed E-state index contributed by atoms with van der Waals surface area (Å²) < 4.78 is 13.8. The SMILES string of the molecule is NCC(Nc1ccc(F)cc1)c1ccccc1Br. The Morgan fingerprint density at radius 2 is 1.78 bits per heavy atom. The molecule has 2 aromatic carbocycles. The van der Waals surface area contributed by atoms with Gasteiger partial charge >= 0.3 is 0 Å². The Balaban J connectivity index is 2.20. The molecule has 4 heteroatoms. The molecule has 0 saturated carbocycles. The number of halogens is 2. The van der Waals surface area contributed by atoms with Crippen molar-refractivity contribution in [2.75, 3.05) is 11.9 Å². The molecular formula is C14H14BrFN2. The van der Waals surface area contributed by atoms with E-state index in [4.69, 9.17) is 5.73 Å². The normalized spacial score (nSPS) is 12.2. The van der Waals surface area contributed by atoms with E-state index >= 15 is 0 Å². The molecular weight excluding hydrogens is 295 g/mol. The van der Waals surface area contributed by atoms with Crippen molar-refractivity contribution in [1.29, 1.82) is 0 Å². The van der Waals surface area contributed by atoms with Gasteiger partial charge in [-0.25, -0.2) is 4.39 Å². The van der Waals surface area contributed by atoms with E-state index in [1.807, 2.05) is 24.3 Å². The molecule has 94 valence electrons. The first-order valence-corrected chi connectivity index (χ1v) is 6.46. The Morgan fingerprint density at radius 3 is 2.39 bits per heavy atom. The third-order valence-electron chi connectivity index (χ3n) is 2.70. The topological polar surface area (TPSA) is 38.0 Å². The zero-order valence-corrected chi connectivity index (χ0v) is 11.3. The summed E-state index contributed by atoms with van der Waals surface area (Å²) in [6.45, 7) is 0.458. The fourth-order valence-corrected chi connectivity index (χ4v) is 2.33. The van der Waals surface area contributed by atoms with E-state index in [2.05, 4.69) is 21.2 Å². The third-order valence-corrected chi connectivity index (χ3v) is 3.42. The van der Waals surface area contributed by atoms with Gasteiger partial charge in [-0.1, -0.05) is 34.1 Å². The van der Waals surface area contributed by atoms with Crippen molar-refractivity contribution in [3.05, 3.63) is 64.4 Å². The second kappa shape index (κ2) is 5.98. The standard InChI is InChI=1S/C14H14BrFN2/c15-13-4-2-1-3-12(13)14(9-17)18-11-7-5-10(16)6-8-11/h1-8,14,18H,9,17H2. The molecule has 0 saturated heterocycles. The van der Waals surface area contributed by atoms with Gasteiger partial charge in [-0.2, -0.15) is 0 Å². The lowest BCUT2D eigenvalue weighted by Crippen LogP contribution is -2.20. The summed E-state index contributed by atoms with van der Waals surface area (Å²) in [6.07, 6.45) is 0. The van der Waals surface area contributed by atoms with Gasteiger partial charge < -0.3 is 11.1 Å². The van der Waals surface area contributed by atoms with Crippen LogP contribution in [0.4, 0.5) is 10.1 Å². The first-order valence-electron chi connectivity index (χ1n) is 5.67. The summed E-state index contributed by atoms with van der Waals surface area (Å²) >= 11 is 3.51. The number of benzene rings is 2. The van der Waals surface area contributed by atoms with E-state index in [1.54, 1.807) is 12.1 Å². The van der Waals surface area contributed by atoms with Gasteiger partial charge in [-0.15, -0.1) is 0 Å². The third kappa shape index (κ3) is 3.09. The molecule has 3 N–H and O–H groups in total. The highest BCUT2D eigenvalue weighted by molar-refractivity contribution is 9.10. The summed E-state index contributed by atoms with van der Waals surface area (Å²) in [4.78, 5) is 0. The zero-order chi connectivity index (χ0) is 13.0. The summed E-state index contributed by atoms with van der Waals surface area (Å²) in [5.74, 6) is -0.245. The average molecular weight is 309 g/mol. The van der Waals surface area contributed by atoms with Gasteiger partial charge in [0.05, 0.1) is 6.04 Å². The molecule has 0 bridgehead atoms. The van der Waals surface area contributed by atoms with Crippen molar-refractivity contribution >= 4 is 21.6 Å². The fourth-order valence-electron chi connectivity index (χ4n) is 1.77. The van der Waals surface area contributed by atoms with E-state index in [-0.39, 0.29) is 11.9 Å². The van der Waals surface area contributed by atoms with Gasteiger partial charge in [0.2, 0.25) is 0 Å². The van der Waals surface area contributed by atoms with E-state index in [9.17, 15) is 4.39 Å². The molecule has 0 aromatic heterocycles. The molecule has 0 fully saturated rings. The van der Waals surface area contributed by atoms with Crippen LogP contribution in [0.5, 0.6) is 0 Å². The van der Waals surface area contributed by atoms with Crippen LogP contribution in [0.2, 0.25) is 0 Å². The largest absolute Gasteiger partial charge is 0.377 e. The van der Waals surface area contributed by atoms with Crippen LogP contribution < -0.4 is 11.1 Å². The van der Waals surface area contributed by atoms with Crippen LogP contribution in [0.1, 0.15) is 11.6 Å². The van der Waals surface area contributed by atoms with Gasteiger partial charge in [0, 0.05) is 16.7 Å². The lowest BCUT2D eigenvalue weighted by atomic mass is 10.1. The number of nitrogens with one attached hydrogen (secondary N) is 1. The summed E-state index contributed by atoms with van der Waals surface area (Å²) in [5.41, 5.74) is 7.73. The molecule has 2 nitrogen and oxygen atoms in total. The predicted octanol–water partition coefficient (Wildman–Crippen LogP) is 3.70. The van der Waals surface area contributed by atoms with Gasteiger partial charge in [0.15, 0.2) is 0 Å². The quantitative estimate of drug-likeness (QED) is 0.904. The van der Waals surface area contributed by atoms with Crippen molar-refractivity contribution in [2.24, 2.45) is 5.73 Å². The fraction of sp³-hybridized carbons (Fsp3) is 0.143. The highest BCUT2D eigenvalue weighted by Crippen LogP contribution is 2.25. The maximum atomic E-state index is 12.8. The molecule has 1 unspecified atom stereocenters. The smallest absolute Gasteiger partial charge is 0.123 e. The van der Waals surface area contributed by atoms with Crippen molar-refractivity contribution < 1.29 is 4.39 Å². The van der Waals surface area contributed by atoms with Crippen molar-refractivity contribution in [2.45, 2.75) is 6.04 Å². The van der Waals surface area contributed by atoms with Crippen LogP contribution in [0.3, 0.4) is 0 Å². The predicted molar refractivity (Wildman–Crippen MR) is 76.0 cm³/mol. The Bertz CT molecular complexity index is 513. The molecule has 0 radical (unpaired) electrons. The van der Waals surface area contributed by atoms with Gasteiger partial charge in [-0.05, 0) is 35.9 Å². The van der Waals surface area contributed by atoms with Crippen LogP contribution in [0, 0.1) is 5.82 Å². The maximum absolute atomic E-state index is 12.8. The first kappa shape index (κ1) is 13.1. The second-order valence-corrected chi connectivity index (χ2v) is 4.82. The molecule has 0 amide bonds. The molecule has 2 aromatic rings. The Hall–Kier alpha value is -1.39. The number of hydrogen-bond acceptors (Lipinski definition) is 2. The molecule has 18 heavy (non-hydrogen) atoms. The van der Waals surface area contributed by atoms with Gasteiger partial charge in [-0.3, -0.25) is 0 Å². The van der Waals surface area contributed by atoms with Crippen molar-refractivity contribution in [3.63, 3.8) is 0 Å². The number of hydrogen-bond donors (Lipinski definition) is 2. The average Bonchev–Trinajstić information content (AvgIpc) is 2.39. The number of nitrogens with two attached hydrogens (primary N) is 1. The van der Waals surface area contributed by atoms with Crippen LogP contribution in [0.15, 0.2) is 53.0 Å². The Labute approximate surface area is 114 Å². The molecule has 0 aliphatic rings. The molecule has 0 heterocycles. The van der Waals surface area contributed by atoms with Crippen molar-refractivity contribution in [1.82, 2.24) is 0 Å². The van der Waals surface area contributed by atoms with E-state index < -0.39 is 0 Å². The number of rotatable bonds is 4. The maximum Gasteiger partial charge on any atom is 0.123 e. The highest BCUT2D eigenvalue weighted by atomic mass is 79.9. The minimum absolute atomic E-state index is 0.00830. The van der Waals surface area contributed by atoms with Crippen LogP contribution in [-0.2, 0) is 0 Å². The minimum Gasteiger partial charge on any atom is -0.377 e. The van der Waals surface area contributed by atoms with Crippen LogP contribution >= 0.6 is 15.9 Å². The van der Waals surface area contributed by atoms with Gasteiger partial charge in [0.1, 0.15) is 5.82 Å². The monoisotopic (exact) mass is 308 g/mol. The highest BCUT2D eigenvalue weighted by Gasteiger charge is 2.12. The minimum atomic E-state index is -0.245. The van der Waals surface area contributed by atoms with Crippen molar-refractivity contribution in [3.8, 4) is 0 Å². The molecule has 0 aliphatic carbocycles.